The monoisotopic (exact) mass is 402 g/mol. The van der Waals surface area contributed by atoms with Crippen molar-refractivity contribution in [3.63, 3.8) is 0 Å². The van der Waals surface area contributed by atoms with Crippen molar-refractivity contribution in [3.8, 4) is 11.3 Å². The Kier molecular flexibility index (Phi) is 6.81. The van der Waals surface area contributed by atoms with E-state index in [9.17, 15) is 14.4 Å². The normalized spacial score (nSPS) is 13.8. The molecule has 0 radical (unpaired) electrons. The summed E-state index contributed by atoms with van der Waals surface area (Å²) in [7, 11) is 0. The number of amides is 2. The van der Waals surface area contributed by atoms with Gasteiger partial charge >= 0.3 is 0 Å². The average molecular weight is 403 g/mol. The largest absolute Gasteiger partial charge is 0.356 e. The summed E-state index contributed by atoms with van der Waals surface area (Å²) in [6, 6.07) is 10.3. The van der Waals surface area contributed by atoms with Crippen molar-refractivity contribution in [1.29, 1.82) is 0 Å². The summed E-state index contributed by atoms with van der Waals surface area (Å²) in [5, 5.41) is 7.79. The fraction of sp³-hybridized carbons (Fsp3) is 0.400. The summed E-state index contributed by atoms with van der Waals surface area (Å²) in [6.45, 7) is 2.20. The van der Waals surface area contributed by atoms with Gasteiger partial charge in [0.2, 0.25) is 11.8 Å². The predicted molar refractivity (Wildman–Crippen MR) is 107 cm³/mol. The average Bonchev–Trinajstić information content (AvgIpc) is 3.10. The highest BCUT2D eigenvalue weighted by Gasteiger charge is 2.19. The van der Waals surface area contributed by atoms with Crippen molar-refractivity contribution in [2.75, 3.05) is 19.6 Å². The van der Waals surface area contributed by atoms with Crippen LogP contribution in [-0.4, -0.2) is 46.1 Å². The highest BCUT2D eigenvalue weighted by molar-refractivity contribution is 6.30. The Morgan fingerprint density at radius 1 is 1.11 bits per heavy atom. The predicted octanol–water partition coefficient (Wildman–Crippen LogP) is 2.08. The van der Waals surface area contributed by atoms with Crippen LogP contribution in [0.1, 0.15) is 25.7 Å². The van der Waals surface area contributed by atoms with Crippen molar-refractivity contribution in [2.45, 2.75) is 32.2 Å². The van der Waals surface area contributed by atoms with Gasteiger partial charge in [0.05, 0.1) is 12.2 Å². The van der Waals surface area contributed by atoms with Crippen LogP contribution >= 0.6 is 11.6 Å². The van der Waals surface area contributed by atoms with Crippen LogP contribution in [0.5, 0.6) is 0 Å². The number of likely N-dealkylation sites (tertiary alicyclic amines) is 1. The summed E-state index contributed by atoms with van der Waals surface area (Å²) >= 11 is 5.90. The molecule has 1 aliphatic heterocycles. The molecule has 2 heterocycles. The van der Waals surface area contributed by atoms with Gasteiger partial charge in [-0.25, -0.2) is 4.68 Å². The molecule has 0 unspecified atom stereocenters. The van der Waals surface area contributed by atoms with Crippen molar-refractivity contribution < 1.29 is 9.59 Å². The van der Waals surface area contributed by atoms with Crippen LogP contribution in [0.3, 0.4) is 0 Å². The molecule has 1 aromatic heterocycles. The van der Waals surface area contributed by atoms with E-state index in [4.69, 9.17) is 11.6 Å². The van der Waals surface area contributed by atoms with E-state index in [-0.39, 0.29) is 30.3 Å². The van der Waals surface area contributed by atoms with Crippen molar-refractivity contribution >= 4 is 23.4 Å². The highest BCUT2D eigenvalue weighted by atomic mass is 35.5. The molecule has 7 nitrogen and oxygen atoms in total. The molecule has 0 atom stereocenters. The zero-order valence-electron chi connectivity index (χ0n) is 15.6. The Bertz CT molecular complexity index is 895. The SMILES string of the molecule is O=C(CCn1nc(-c2ccc(Cl)cc2)ccc1=O)NCCCN1CCCC1=O. The van der Waals surface area contributed by atoms with E-state index in [1.807, 2.05) is 17.0 Å². The highest BCUT2D eigenvalue weighted by Crippen LogP contribution is 2.18. The first-order valence-corrected chi connectivity index (χ1v) is 9.79. The molecule has 1 N–H and O–H groups in total. The van der Waals surface area contributed by atoms with Gasteiger partial charge < -0.3 is 10.2 Å². The number of carbonyl (C=O) groups excluding carboxylic acids is 2. The minimum Gasteiger partial charge on any atom is -0.356 e. The lowest BCUT2D eigenvalue weighted by molar-refractivity contribution is -0.127. The van der Waals surface area contributed by atoms with Crippen molar-refractivity contribution in [3.05, 3.63) is 51.8 Å². The number of nitrogens with zero attached hydrogens (tertiary/aromatic N) is 3. The van der Waals surface area contributed by atoms with Gasteiger partial charge in [0.25, 0.3) is 5.56 Å². The van der Waals surface area contributed by atoms with Gasteiger partial charge in [-0.15, -0.1) is 0 Å². The molecular formula is C20H23ClN4O3. The fourth-order valence-corrected chi connectivity index (χ4v) is 3.24. The Morgan fingerprint density at radius 2 is 1.89 bits per heavy atom. The number of benzene rings is 1. The lowest BCUT2D eigenvalue weighted by atomic mass is 10.1. The molecule has 8 heteroatoms. The molecule has 28 heavy (non-hydrogen) atoms. The molecule has 0 bridgehead atoms. The molecule has 148 valence electrons. The smallest absolute Gasteiger partial charge is 0.266 e. The van der Waals surface area contributed by atoms with Crippen LogP contribution in [-0.2, 0) is 16.1 Å². The number of nitrogens with one attached hydrogen (secondary N) is 1. The molecule has 2 aromatic rings. The minimum atomic E-state index is -0.252. The fourth-order valence-electron chi connectivity index (χ4n) is 3.12. The topological polar surface area (TPSA) is 84.3 Å². The third-order valence-electron chi connectivity index (χ3n) is 4.66. The van der Waals surface area contributed by atoms with Gasteiger partial charge in [-0.2, -0.15) is 5.10 Å². The second kappa shape index (κ2) is 9.50. The number of hydrogen-bond donors (Lipinski definition) is 1. The molecule has 1 aliphatic rings. The first kappa shape index (κ1) is 20.1. The van der Waals surface area contributed by atoms with Gasteiger partial charge in [0, 0.05) is 49.1 Å². The summed E-state index contributed by atoms with van der Waals surface area (Å²) in [4.78, 5) is 37.4. The third-order valence-corrected chi connectivity index (χ3v) is 4.91. The lowest BCUT2D eigenvalue weighted by Gasteiger charge is -2.15. The quantitative estimate of drug-likeness (QED) is 0.685. The zero-order valence-corrected chi connectivity index (χ0v) is 16.3. The molecule has 3 rings (SSSR count). The Labute approximate surface area is 168 Å². The summed E-state index contributed by atoms with van der Waals surface area (Å²) in [6.07, 6.45) is 2.44. The maximum atomic E-state index is 12.0. The standard InChI is InChI=1S/C20H23ClN4O3/c21-16-6-4-15(5-7-16)17-8-9-20(28)25(23-17)14-10-18(26)22-11-2-13-24-12-1-3-19(24)27/h4-9H,1-3,10-14H2,(H,22,26). The molecule has 1 fully saturated rings. The van der Waals surface area contributed by atoms with E-state index in [1.54, 1.807) is 18.2 Å². The van der Waals surface area contributed by atoms with E-state index in [1.165, 1.54) is 10.7 Å². The first-order valence-electron chi connectivity index (χ1n) is 9.41. The number of halogens is 1. The molecule has 1 aromatic carbocycles. The molecule has 0 spiro atoms. The van der Waals surface area contributed by atoms with E-state index in [0.29, 0.717) is 30.2 Å². The van der Waals surface area contributed by atoms with E-state index in [0.717, 1.165) is 24.9 Å². The zero-order chi connectivity index (χ0) is 19.9. The first-order chi connectivity index (χ1) is 13.5. The van der Waals surface area contributed by atoms with Crippen molar-refractivity contribution in [1.82, 2.24) is 20.0 Å². The van der Waals surface area contributed by atoms with Crippen LogP contribution in [0.2, 0.25) is 5.02 Å². The Hall–Kier alpha value is -2.67. The molecule has 2 amide bonds. The van der Waals surface area contributed by atoms with Crippen molar-refractivity contribution in [2.24, 2.45) is 0 Å². The molecule has 0 saturated carbocycles. The second-order valence-corrected chi connectivity index (χ2v) is 7.16. The van der Waals surface area contributed by atoms with E-state index >= 15 is 0 Å². The Balaban J connectivity index is 1.47. The summed E-state index contributed by atoms with van der Waals surface area (Å²) in [5.41, 5.74) is 1.24. The second-order valence-electron chi connectivity index (χ2n) is 6.72. The van der Waals surface area contributed by atoms with Crippen LogP contribution < -0.4 is 10.9 Å². The third kappa shape index (κ3) is 5.42. The van der Waals surface area contributed by atoms with Gasteiger partial charge in [-0.3, -0.25) is 14.4 Å². The minimum absolute atomic E-state index is 0.140. The number of aryl methyl sites for hydroxylation is 1. The van der Waals surface area contributed by atoms with Crippen LogP contribution in [0, 0.1) is 0 Å². The van der Waals surface area contributed by atoms with Crippen LogP contribution in [0.15, 0.2) is 41.2 Å². The van der Waals surface area contributed by atoms with Crippen LogP contribution in [0.25, 0.3) is 11.3 Å². The van der Waals surface area contributed by atoms with Gasteiger partial charge in [-0.1, -0.05) is 23.7 Å². The summed E-state index contributed by atoms with van der Waals surface area (Å²) in [5.74, 6) is 0.0516. The summed E-state index contributed by atoms with van der Waals surface area (Å²) < 4.78 is 1.30. The molecular weight excluding hydrogens is 380 g/mol. The van der Waals surface area contributed by atoms with E-state index < -0.39 is 0 Å². The number of carbonyl (C=O) groups is 2. The van der Waals surface area contributed by atoms with Gasteiger partial charge in [-0.05, 0) is 31.0 Å². The number of hydrogen-bond acceptors (Lipinski definition) is 4. The van der Waals surface area contributed by atoms with Gasteiger partial charge in [0.15, 0.2) is 0 Å². The molecule has 1 saturated heterocycles. The Morgan fingerprint density at radius 3 is 2.61 bits per heavy atom. The number of aromatic nitrogens is 2. The molecule has 0 aliphatic carbocycles. The van der Waals surface area contributed by atoms with Gasteiger partial charge in [0.1, 0.15) is 0 Å². The van der Waals surface area contributed by atoms with E-state index in [2.05, 4.69) is 10.4 Å². The number of rotatable bonds is 8. The maximum absolute atomic E-state index is 12.0. The lowest BCUT2D eigenvalue weighted by Crippen LogP contribution is -2.32. The maximum Gasteiger partial charge on any atom is 0.266 e. The van der Waals surface area contributed by atoms with Crippen LogP contribution in [0.4, 0.5) is 0 Å².